The normalized spacial score (nSPS) is 17.5. The molecule has 1 fully saturated rings. The van der Waals surface area contributed by atoms with Crippen molar-refractivity contribution in [3.05, 3.63) is 93.3 Å². The number of carbonyl (C=O) groups is 3. The number of likely N-dealkylation sites (N-methyl/N-ethyl adjacent to an activating group) is 1. The molecular formula is C38H44ClFN8O4. The average Bonchev–Trinajstić information content (AvgIpc) is 3.45. The van der Waals surface area contributed by atoms with Gasteiger partial charge < -0.3 is 35.1 Å². The van der Waals surface area contributed by atoms with Crippen molar-refractivity contribution in [2.24, 2.45) is 7.05 Å². The lowest BCUT2D eigenvalue weighted by atomic mass is 9.98. The lowest BCUT2D eigenvalue weighted by molar-refractivity contribution is -0.131. The summed E-state index contributed by atoms with van der Waals surface area (Å²) >= 11 is 6.93. The van der Waals surface area contributed by atoms with Crippen molar-refractivity contribution in [1.82, 2.24) is 29.7 Å². The zero-order chi connectivity index (χ0) is 37.1. The Morgan fingerprint density at radius 2 is 1.75 bits per heavy atom. The van der Waals surface area contributed by atoms with E-state index in [4.69, 9.17) is 16.3 Å². The minimum Gasteiger partial charge on any atom is -0.380 e. The van der Waals surface area contributed by atoms with Crippen molar-refractivity contribution < 1.29 is 23.5 Å². The maximum atomic E-state index is 14.8. The highest BCUT2D eigenvalue weighted by Gasteiger charge is 2.30. The van der Waals surface area contributed by atoms with Crippen LogP contribution >= 0.6 is 11.6 Å². The Morgan fingerprint density at radius 3 is 2.48 bits per heavy atom. The number of nitrogens with zero attached hydrogens (tertiary/aromatic N) is 5. The number of methoxy groups -OCH3 is 1. The summed E-state index contributed by atoms with van der Waals surface area (Å²) in [6, 6.07) is 12.2. The van der Waals surface area contributed by atoms with Crippen LogP contribution in [0.25, 0.3) is 11.1 Å². The van der Waals surface area contributed by atoms with Crippen LogP contribution < -0.4 is 16.0 Å². The molecule has 274 valence electrons. The summed E-state index contributed by atoms with van der Waals surface area (Å²) in [5.41, 5.74) is 6.97. The van der Waals surface area contributed by atoms with Crippen LogP contribution in [-0.2, 0) is 42.7 Å². The van der Waals surface area contributed by atoms with E-state index in [-0.39, 0.29) is 30.7 Å². The molecule has 3 N–H and O–H groups in total. The van der Waals surface area contributed by atoms with E-state index < -0.39 is 18.1 Å². The number of halogens is 2. The van der Waals surface area contributed by atoms with Crippen LogP contribution in [0.1, 0.15) is 62.5 Å². The average molecular weight is 731 g/mol. The molecule has 0 bridgehead atoms. The Bertz CT molecular complexity index is 2000. The Balaban J connectivity index is 1.16. The molecule has 1 saturated heterocycles. The minimum absolute atomic E-state index is 0.0652. The summed E-state index contributed by atoms with van der Waals surface area (Å²) in [7, 11) is 5.46. The van der Waals surface area contributed by atoms with Gasteiger partial charge in [0.15, 0.2) is 5.82 Å². The number of hydrogen-bond donors (Lipinski definition) is 3. The molecule has 0 radical (unpaired) electrons. The molecule has 14 heteroatoms. The third-order valence-electron chi connectivity index (χ3n) is 9.93. The van der Waals surface area contributed by atoms with Gasteiger partial charge in [0.25, 0.3) is 11.8 Å². The highest BCUT2D eigenvalue weighted by Crippen LogP contribution is 2.38. The summed E-state index contributed by atoms with van der Waals surface area (Å²) in [5.74, 6) is -0.558. The van der Waals surface area contributed by atoms with Crippen LogP contribution in [0.3, 0.4) is 0 Å². The van der Waals surface area contributed by atoms with E-state index in [9.17, 15) is 18.8 Å². The van der Waals surface area contributed by atoms with Gasteiger partial charge in [-0.1, -0.05) is 35.9 Å². The minimum atomic E-state index is -1.18. The Kier molecular flexibility index (Phi) is 11.3. The smallest absolute Gasteiger partial charge is 0.291 e. The Morgan fingerprint density at radius 1 is 1.02 bits per heavy atom. The highest BCUT2D eigenvalue weighted by molar-refractivity contribution is 6.36. The van der Waals surface area contributed by atoms with Gasteiger partial charge in [-0.15, -0.1) is 0 Å². The summed E-state index contributed by atoms with van der Waals surface area (Å²) in [6.07, 6.45) is 1.75. The number of hydrogen-bond acceptors (Lipinski definition) is 8. The molecule has 2 atom stereocenters. The third-order valence-corrected chi connectivity index (χ3v) is 10.3. The molecule has 2 aliphatic heterocycles. The molecule has 12 nitrogen and oxygen atoms in total. The maximum Gasteiger partial charge on any atom is 0.291 e. The first kappa shape index (κ1) is 37.1. The van der Waals surface area contributed by atoms with Crippen LogP contribution in [0.15, 0.2) is 48.7 Å². The van der Waals surface area contributed by atoms with Crippen LogP contribution in [-0.4, -0.2) is 88.1 Å². The number of carbonyl (C=O) groups excluding carboxylic acids is 3. The van der Waals surface area contributed by atoms with E-state index in [2.05, 4.69) is 30.8 Å². The van der Waals surface area contributed by atoms with Gasteiger partial charge in [-0.25, -0.2) is 9.37 Å². The SMILES string of the molecule is COCc1cc(C(=O)Nc2cccc(-c3cccc(NC(=O)c4nc5c(n4C)CCN(C)C5)c3Cl)c2C)ncc1CN[C@H]1CCN(C(C)=O)C[C@H]1F. The van der Waals surface area contributed by atoms with Gasteiger partial charge in [0.2, 0.25) is 5.91 Å². The quantitative estimate of drug-likeness (QED) is 0.205. The maximum absolute atomic E-state index is 14.8. The number of amides is 3. The molecule has 4 heterocycles. The van der Waals surface area contributed by atoms with Crippen LogP contribution in [0.2, 0.25) is 5.02 Å². The number of alkyl halides is 1. The number of benzene rings is 2. The summed E-state index contributed by atoms with van der Waals surface area (Å²) < 4.78 is 22.1. The monoisotopic (exact) mass is 730 g/mol. The second-order valence-corrected chi connectivity index (χ2v) is 13.8. The van der Waals surface area contributed by atoms with Gasteiger partial charge in [0.1, 0.15) is 11.9 Å². The van der Waals surface area contributed by atoms with Crippen molar-refractivity contribution >= 4 is 40.7 Å². The van der Waals surface area contributed by atoms with Gasteiger partial charge in [-0.2, -0.15) is 0 Å². The first-order valence-electron chi connectivity index (χ1n) is 17.3. The van der Waals surface area contributed by atoms with Gasteiger partial charge in [0.05, 0.1) is 29.6 Å². The molecule has 6 rings (SSSR count). The molecule has 0 aliphatic carbocycles. The number of likely N-dealkylation sites (tertiary alicyclic amines) is 1. The Labute approximate surface area is 307 Å². The first-order chi connectivity index (χ1) is 24.9. The molecule has 0 unspecified atom stereocenters. The van der Waals surface area contributed by atoms with Crippen LogP contribution in [0.4, 0.5) is 15.8 Å². The molecule has 3 amide bonds. The predicted molar refractivity (Wildman–Crippen MR) is 198 cm³/mol. The van der Waals surface area contributed by atoms with Crippen molar-refractivity contribution in [3.8, 4) is 11.1 Å². The van der Waals surface area contributed by atoms with Gasteiger partial charge in [-0.3, -0.25) is 19.4 Å². The molecule has 52 heavy (non-hydrogen) atoms. The molecule has 2 aliphatic rings. The standard InChI is InChI=1S/C38H44ClFN8O4/c1-22-26(27-9-7-11-31(35(27)39)45-38(51)36-43-33-20-46(3)14-13-34(33)47(36)4)8-6-10-29(22)44-37(50)32-16-24(21-52-5)25(18-42-32)17-41-30-12-15-48(23(2)49)19-28(30)40/h6-11,16,18,28,30,41H,12-15,17,19-21H2,1-5H3,(H,44,50)(H,45,51)/t28-,30+/m1/s1. The molecule has 2 aromatic heterocycles. The summed E-state index contributed by atoms with van der Waals surface area (Å²) in [4.78, 5) is 51.3. The molecule has 4 aromatic rings. The van der Waals surface area contributed by atoms with Crippen LogP contribution in [0, 0.1) is 6.92 Å². The van der Waals surface area contributed by atoms with E-state index in [0.717, 1.165) is 46.6 Å². The number of imidazole rings is 1. The zero-order valence-corrected chi connectivity index (χ0v) is 30.8. The van der Waals surface area contributed by atoms with Crippen molar-refractivity contribution in [2.45, 2.75) is 58.6 Å². The van der Waals surface area contributed by atoms with E-state index >= 15 is 0 Å². The van der Waals surface area contributed by atoms with Crippen molar-refractivity contribution in [2.75, 3.05) is 44.4 Å². The number of rotatable bonds is 10. The number of piperidine rings is 1. The van der Waals surface area contributed by atoms with E-state index in [1.54, 1.807) is 31.5 Å². The predicted octanol–water partition coefficient (Wildman–Crippen LogP) is 5.13. The fraction of sp³-hybridized carbons (Fsp3) is 0.395. The van der Waals surface area contributed by atoms with Gasteiger partial charge in [0, 0.05) is 82.9 Å². The number of nitrogens with one attached hydrogen (secondary N) is 3. The van der Waals surface area contributed by atoms with Gasteiger partial charge in [-0.05, 0) is 60.8 Å². The largest absolute Gasteiger partial charge is 0.380 e. The first-order valence-corrected chi connectivity index (χ1v) is 17.7. The number of pyridine rings is 1. The molecule has 0 spiro atoms. The lowest BCUT2D eigenvalue weighted by Gasteiger charge is -2.34. The second-order valence-electron chi connectivity index (χ2n) is 13.5. The molecule has 2 aromatic carbocycles. The van der Waals surface area contributed by atoms with Crippen molar-refractivity contribution in [3.63, 3.8) is 0 Å². The fourth-order valence-electron chi connectivity index (χ4n) is 6.89. The van der Waals surface area contributed by atoms with E-state index in [1.165, 1.54) is 11.8 Å². The Hall–Kier alpha value is -4.69. The van der Waals surface area contributed by atoms with E-state index in [0.29, 0.717) is 53.8 Å². The molecular weight excluding hydrogens is 687 g/mol. The van der Waals surface area contributed by atoms with Crippen molar-refractivity contribution in [1.29, 1.82) is 0 Å². The second kappa shape index (κ2) is 15.9. The number of aromatic nitrogens is 3. The molecule has 0 saturated carbocycles. The van der Waals surface area contributed by atoms with Gasteiger partial charge >= 0.3 is 0 Å². The summed E-state index contributed by atoms with van der Waals surface area (Å²) in [5, 5.41) is 9.55. The van der Waals surface area contributed by atoms with E-state index in [1.807, 2.05) is 49.9 Å². The number of anilines is 2. The topological polar surface area (TPSA) is 134 Å². The zero-order valence-electron chi connectivity index (χ0n) is 30.1. The fourth-order valence-corrected chi connectivity index (χ4v) is 7.16. The highest BCUT2D eigenvalue weighted by atomic mass is 35.5. The number of fused-ring (bicyclic) bond motifs is 1. The number of ether oxygens (including phenoxy) is 1. The van der Waals surface area contributed by atoms with Crippen LogP contribution in [0.5, 0.6) is 0 Å². The summed E-state index contributed by atoms with van der Waals surface area (Å²) in [6.45, 7) is 6.07. The third kappa shape index (κ3) is 7.87. The lowest BCUT2D eigenvalue weighted by Crippen LogP contribution is -2.51.